The second kappa shape index (κ2) is 9.58. The quantitative estimate of drug-likeness (QED) is 0.741. The second-order valence-corrected chi connectivity index (χ2v) is 6.88. The molecule has 0 amide bonds. The number of aliphatic hydroxyl groups excluding tert-OH is 1. The first kappa shape index (κ1) is 18.7. The van der Waals surface area contributed by atoms with Crippen LogP contribution in [0.5, 0.6) is 0 Å². The third kappa shape index (κ3) is 6.08. The van der Waals surface area contributed by atoms with Gasteiger partial charge in [-0.05, 0) is 24.1 Å². The Bertz CT molecular complexity index is 571. The molecule has 2 aromatic carbocycles. The summed E-state index contributed by atoms with van der Waals surface area (Å²) in [6.07, 6.45) is -0.385. The van der Waals surface area contributed by atoms with Gasteiger partial charge in [0.1, 0.15) is 0 Å². The standard InChI is InChI=1S/C21H30N2O/c1-17(2)21(19-12-8-5-9-13-19)22-14-20(24)16-23(3)15-18-10-6-4-7-11-18/h4-13,17,20-22,24H,14-16H2,1-3H3. The number of nitrogens with zero attached hydrogens (tertiary/aromatic N) is 1. The van der Waals surface area contributed by atoms with Gasteiger partial charge in [0.2, 0.25) is 0 Å². The fourth-order valence-corrected chi connectivity index (χ4v) is 3.05. The van der Waals surface area contributed by atoms with E-state index in [1.54, 1.807) is 0 Å². The molecule has 2 N–H and O–H groups in total. The van der Waals surface area contributed by atoms with Crippen molar-refractivity contribution in [3.63, 3.8) is 0 Å². The van der Waals surface area contributed by atoms with Crippen LogP contribution in [0, 0.1) is 5.92 Å². The lowest BCUT2D eigenvalue weighted by atomic mass is 9.96. The van der Waals surface area contributed by atoms with Gasteiger partial charge in [-0.3, -0.25) is 4.90 Å². The lowest BCUT2D eigenvalue weighted by Crippen LogP contribution is -2.38. The first-order chi connectivity index (χ1) is 11.6. The smallest absolute Gasteiger partial charge is 0.0791 e. The Kier molecular flexibility index (Phi) is 7.44. The monoisotopic (exact) mass is 326 g/mol. The summed E-state index contributed by atoms with van der Waals surface area (Å²) >= 11 is 0. The number of hydrogen-bond donors (Lipinski definition) is 2. The molecular formula is C21H30N2O. The molecule has 3 heteroatoms. The lowest BCUT2D eigenvalue weighted by Gasteiger charge is -2.26. The molecule has 0 saturated carbocycles. The summed E-state index contributed by atoms with van der Waals surface area (Å²) in [6, 6.07) is 21.1. The topological polar surface area (TPSA) is 35.5 Å². The number of benzene rings is 2. The average Bonchev–Trinajstić information content (AvgIpc) is 2.56. The SMILES string of the molecule is CC(C)C(NCC(O)CN(C)Cc1ccccc1)c1ccccc1. The highest BCUT2D eigenvalue weighted by Crippen LogP contribution is 2.21. The minimum atomic E-state index is -0.385. The summed E-state index contributed by atoms with van der Waals surface area (Å²) in [5.74, 6) is 0.474. The summed E-state index contributed by atoms with van der Waals surface area (Å²) in [6.45, 7) is 6.51. The zero-order valence-electron chi connectivity index (χ0n) is 15.0. The molecule has 0 saturated heterocycles. The van der Waals surface area contributed by atoms with Crippen LogP contribution in [0.25, 0.3) is 0 Å². The first-order valence-corrected chi connectivity index (χ1v) is 8.75. The van der Waals surface area contributed by atoms with E-state index in [1.807, 2.05) is 31.3 Å². The maximum atomic E-state index is 10.4. The second-order valence-electron chi connectivity index (χ2n) is 6.88. The number of hydrogen-bond acceptors (Lipinski definition) is 3. The van der Waals surface area contributed by atoms with Crippen molar-refractivity contribution in [3.8, 4) is 0 Å². The Morgan fingerprint density at radius 2 is 1.54 bits per heavy atom. The zero-order valence-corrected chi connectivity index (χ0v) is 15.0. The van der Waals surface area contributed by atoms with Crippen LogP contribution in [0.1, 0.15) is 31.0 Å². The first-order valence-electron chi connectivity index (χ1n) is 8.75. The third-order valence-electron chi connectivity index (χ3n) is 4.22. The van der Waals surface area contributed by atoms with Crippen molar-refractivity contribution < 1.29 is 5.11 Å². The summed E-state index contributed by atoms with van der Waals surface area (Å²) in [4.78, 5) is 2.16. The molecule has 0 spiro atoms. The number of nitrogens with one attached hydrogen (secondary N) is 1. The van der Waals surface area contributed by atoms with Crippen LogP contribution in [0.3, 0.4) is 0 Å². The summed E-state index contributed by atoms with van der Waals surface area (Å²) in [5.41, 5.74) is 2.54. The minimum Gasteiger partial charge on any atom is -0.390 e. The molecule has 2 aromatic rings. The summed E-state index contributed by atoms with van der Waals surface area (Å²) in [5, 5.41) is 13.9. The van der Waals surface area contributed by atoms with Crippen LogP contribution in [-0.2, 0) is 6.54 Å². The van der Waals surface area contributed by atoms with Gasteiger partial charge in [0, 0.05) is 25.7 Å². The summed E-state index contributed by atoms with van der Waals surface area (Å²) in [7, 11) is 2.05. The molecule has 0 aliphatic heterocycles. The Morgan fingerprint density at radius 1 is 0.958 bits per heavy atom. The number of likely N-dealkylation sites (N-methyl/N-ethyl adjacent to an activating group) is 1. The molecule has 3 nitrogen and oxygen atoms in total. The molecule has 24 heavy (non-hydrogen) atoms. The number of rotatable bonds is 9. The number of aliphatic hydroxyl groups is 1. The molecule has 2 unspecified atom stereocenters. The van der Waals surface area contributed by atoms with Gasteiger partial charge < -0.3 is 10.4 Å². The Morgan fingerprint density at radius 3 is 2.12 bits per heavy atom. The van der Waals surface area contributed by atoms with Gasteiger partial charge in [-0.15, -0.1) is 0 Å². The highest BCUT2D eigenvalue weighted by molar-refractivity contribution is 5.19. The van der Waals surface area contributed by atoms with E-state index in [2.05, 4.69) is 60.5 Å². The van der Waals surface area contributed by atoms with Crippen molar-refractivity contribution in [2.24, 2.45) is 5.92 Å². The van der Waals surface area contributed by atoms with Gasteiger partial charge in [0.05, 0.1) is 6.10 Å². The summed E-state index contributed by atoms with van der Waals surface area (Å²) < 4.78 is 0. The van der Waals surface area contributed by atoms with Crippen molar-refractivity contribution in [3.05, 3.63) is 71.8 Å². The van der Waals surface area contributed by atoms with E-state index < -0.39 is 0 Å². The van der Waals surface area contributed by atoms with Crippen LogP contribution < -0.4 is 5.32 Å². The molecule has 0 radical (unpaired) electrons. The van der Waals surface area contributed by atoms with E-state index in [4.69, 9.17) is 0 Å². The maximum absolute atomic E-state index is 10.4. The molecule has 0 aliphatic rings. The molecule has 0 heterocycles. The zero-order chi connectivity index (χ0) is 17.4. The van der Waals surface area contributed by atoms with Gasteiger partial charge in [-0.1, -0.05) is 74.5 Å². The largest absolute Gasteiger partial charge is 0.390 e. The van der Waals surface area contributed by atoms with Gasteiger partial charge in [-0.2, -0.15) is 0 Å². The van der Waals surface area contributed by atoms with Crippen molar-refractivity contribution >= 4 is 0 Å². The molecular weight excluding hydrogens is 296 g/mol. The molecule has 0 aliphatic carbocycles. The molecule has 2 rings (SSSR count). The highest BCUT2D eigenvalue weighted by atomic mass is 16.3. The van der Waals surface area contributed by atoms with Gasteiger partial charge in [0.15, 0.2) is 0 Å². The highest BCUT2D eigenvalue weighted by Gasteiger charge is 2.17. The fraction of sp³-hybridized carbons (Fsp3) is 0.429. The predicted octanol–water partition coefficient (Wildman–Crippen LogP) is 3.47. The molecule has 0 fully saturated rings. The normalized spacial score (nSPS) is 14.1. The van der Waals surface area contributed by atoms with E-state index in [9.17, 15) is 5.11 Å². The fourth-order valence-electron chi connectivity index (χ4n) is 3.05. The van der Waals surface area contributed by atoms with Crippen molar-refractivity contribution in [1.82, 2.24) is 10.2 Å². The van der Waals surface area contributed by atoms with Crippen molar-refractivity contribution in [2.45, 2.75) is 32.5 Å². The van der Waals surface area contributed by atoms with E-state index >= 15 is 0 Å². The molecule has 0 aromatic heterocycles. The van der Waals surface area contributed by atoms with Crippen molar-refractivity contribution in [1.29, 1.82) is 0 Å². The van der Waals surface area contributed by atoms with E-state index in [-0.39, 0.29) is 12.1 Å². The molecule has 2 atom stereocenters. The van der Waals surface area contributed by atoms with Crippen LogP contribution in [0.4, 0.5) is 0 Å². The van der Waals surface area contributed by atoms with Crippen molar-refractivity contribution in [2.75, 3.05) is 20.1 Å². The van der Waals surface area contributed by atoms with Crippen LogP contribution in [0.2, 0.25) is 0 Å². The Balaban J connectivity index is 1.81. The Hall–Kier alpha value is -1.68. The van der Waals surface area contributed by atoms with E-state index in [0.29, 0.717) is 19.0 Å². The Labute approximate surface area is 146 Å². The van der Waals surface area contributed by atoms with E-state index in [1.165, 1.54) is 11.1 Å². The molecule has 0 bridgehead atoms. The average molecular weight is 326 g/mol. The minimum absolute atomic E-state index is 0.264. The van der Waals surface area contributed by atoms with Crippen LogP contribution >= 0.6 is 0 Å². The lowest BCUT2D eigenvalue weighted by molar-refractivity contribution is 0.116. The maximum Gasteiger partial charge on any atom is 0.0791 e. The van der Waals surface area contributed by atoms with Gasteiger partial charge >= 0.3 is 0 Å². The predicted molar refractivity (Wildman–Crippen MR) is 101 cm³/mol. The third-order valence-corrected chi connectivity index (χ3v) is 4.22. The van der Waals surface area contributed by atoms with E-state index in [0.717, 1.165) is 6.54 Å². The molecule has 130 valence electrons. The van der Waals surface area contributed by atoms with Crippen LogP contribution in [-0.4, -0.2) is 36.2 Å². The van der Waals surface area contributed by atoms with Gasteiger partial charge in [0.25, 0.3) is 0 Å². The van der Waals surface area contributed by atoms with Gasteiger partial charge in [-0.25, -0.2) is 0 Å². The van der Waals surface area contributed by atoms with Crippen LogP contribution in [0.15, 0.2) is 60.7 Å².